The van der Waals surface area contributed by atoms with E-state index in [0.29, 0.717) is 0 Å². The van der Waals surface area contributed by atoms with Crippen LogP contribution in [0.1, 0.15) is 6.92 Å². The second-order valence-electron chi connectivity index (χ2n) is 10.5. The highest BCUT2D eigenvalue weighted by Crippen LogP contribution is 2.43. The Balaban J connectivity index is 1.72. The van der Waals surface area contributed by atoms with E-state index in [1.807, 2.05) is 0 Å². The fourth-order valence-electron chi connectivity index (χ4n) is 5.31. The third kappa shape index (κ3) is 4.92. The molecule has 2 fully saturated rings. The number of aromatic hydroxyl groups is 4. The van der Waals surface area contributed by atoms with Crippen LogP contribution in [0, 0.1) is 0 Å². The van der Waals surface area contributed by atoms with E-state index in [4.69, 9.17) is 18.6 Å². The first-order valence-electron chi connectivity index (χ1n) is 13.0. The third-order valence-electron chi connectivity index (χ3n) is 7.72. The number of rotatable bonds is 5. The van der Waals surface area contributed by atoms with Gasteiger partial charge in [-0.15, -0.1) is 0 Å². The summed E-state index contributed by atoms with van der Waals surface area (Å²) in [5.41, 5.74) is -4.65. The van der Waals surface area contributed by atoms with Crippen LogP contribution in [0.2, 0.25) is 0 Å². The fraction of sp³-hybridized carbons (Fsp3) is 0.444. The van der Waals surface area contributed by atoms with Gasteiger partial charge in [0.25, 0.3) is 0 Å². The van der Waals surface area contributed by atoms with Gasteiger partial charge >= 0.3 is 0 Å². The van der Waals surface area contributed by atoms with Crippen molar-refractivity contribution in [1.29, 1.82) is 0 Å². The Labute approximate surface area is 241 Å². The molecule has 5 rings (SSSR count). The number of aliphatic hydroxyl groups is 7. The van der Waals surface area contributed by atoms with Crippen LogP contribution in [-0.2, 0) is 9.47 Å². The van der Waals surface area contributed by atoms with Gasteiger partial charge in [-0.2, -0.15) is 0 Å². The van der Waals surface area contributed by atoms with Gasteiger partial charge in [0.05, 0.1) is 12.7 Å². The molecule has 0 bridgehead atoms. The topological polar surface area (TPSA) is 280 Å². The minimum Gasteiger partial charge on any atom is -0.508 e. The van der Waals surface area contributed by atoms with Crippen molar-refractivity contribution in [2.75, 3.05) is 6.61 Å². The van der Waals surface area contributed by atoms with Crippen molar-refractivity contribution in [1.82, 2.24) is 0 Å². The minimum absolute atomic E-state index is 0.119. The molecule has 3 heterocycles. The number of hydrogen-bond acceptors (Lipinski definition) is 16. The molecular formula is C27H30O16. The second-order valence-corrected chi connectivity index (χ2v) is 10.5. The Bertz CT molecular complexity index is 1570. The molecule has 1 aromatic heterocycles. The molecule has 0 saturated carbocycles. The highest BCUT2D eigenvalue weighted by molar-refractivity contribution is 5.88. The van der Waals surface area contributed by atoms with Crippen molar-refractivity contribution >= 4 is 11.0 Å². The van der Waals surface area contributed by atoms with Gasteiger partial charge in [0.1, 0.15) is 65.2 Å². The Morgan fingerprint density at radius 1 is 0.860 bits per heavy atom. The molecule has 16 nitrogen and oxygen atoms in total. The quantitative estimate of drug-likeness (QED) is 0.135. The largest absolute Gasteiger partial charge is 0.508 e. The van der Waals surface area contributed by atoms with Crippen LogP contribution in [0.25, 0.3) is 22.3 Å². The zero-order valence-corrected chi connectivity index (χ0v) is 22.3. The molecule has 2 saturated heterocycles. The van der Waals surface area contributed by atoms with Gasteiger partial charge in [0.2, 0.25) is 17.5 Å². The average Bonchev–Trinajstić information content (AvgIpc) is 2.96. The first-order valence-corrected chi connectivity index (χ1v) is 13.0. The van der Waals surface area contributed by atoms with Crippen LogP contribution < -0.4 is 10.2 Å². The summed E-state index contributed by atoms with van der Waals surface area (Å²) >= 11 is 0. The summed E-state index contributed by atoms with van der Waals surface area (Å²) in [5, 5.41) is 114. The summed E-state index contributed by atoms with van der Waals surface area (Å²) in [6.45, 7) is 0.339. The van der Waals surface area contributed by atoms with Gasteiger partial charge in [-0.05, 0) is 25.1 Å². The van der Waals surface area contributed by atoms with Crippen LogP contribution in [0.15, 0.2) is 39.5 Å². The summed E-state index contributed by atoms with van der Waals surface area (Å²) in [6.07, 6.45) is -17.3. The van der Waals surface area contributed by atoms with Crippen molar-refractivity contribution in [3.63, 3.8) is 0 Å². The SMILES string of the molecule is C[C@H]1O[C@@H]([C@]2(O)[C@@H](Oc3c(-c4ccc(O)c(O)c4)oc4cc(O)cc(O)c4c3=O)O[C@H](CO)[C@@H](O)[C@@H]2O)[C@@H](O)[C@@H](O)[C@@H]1O. The van der Waals surface area contributed by atoms with Gasteiger partial charge < -0.3 is 74.8 Å². The monoisotopic (exact) mass is 610 g/mol. The molecule has 11 N–H and O–H groups in total. The Kier molecular flexibility index (Phi) is 7.93. The first kappa shape index (κ1) is 30.7. The lowest BCUT2D eigenvalue weighted by Gasteiger charge is -2.53. The molecule has 2 aliphatic rings. The molecule has 0 unspecified atom stereocenters. The zero-order valence-electron chi connectivity index (χ0n) is 22.3. The third-order valence-corrected chi connectivity index (χ3v) is 7.72. The van der Waals surface area contributed by atoms with Gasteiger partial charge in [-0.3, -0.25) is 4.79 Å². The van der Waals surface area contributed by atoms with Crippen LogP contribution in [0.3, 0.4) is 0 Å². The van der Waals surface area contributed by atoms with Crippen molar-refractivity contribution in [3.05, 3.63) is 40.6 Å². The average molecular weight is 611 g/mol. The maximum absolute atomic E-state index is 13.8. The Morgan fingerprint density at radius 3 is 2.21 bits per heavy atom. The molecule has 234 valence electrons. The molecule has 2 aliphatic heterocycles. The lowest BCUT2D eigenvalue weighted by atomic mass is 9.77. The number of phenolic OH excluding ortho intramolecular Hbond substituents is 4. The summed E-state index contributed by atoms with van der Waals surface area (Å²) < 4.78 is 22.6. The number of aliphatic hydroxyl groups excluding tert-OH is 6. The highest BCUT2D eigenvalue weighted by atomic mass is 16.7. The van der Waals surface area contributed by atoms with E-state index in [2.05, 4.69) is 0 Å². The predicted molar refractivity (Wildman–Crippen MR) is 140 cm³/mol. The maximum atomic E-state index is 13.8. The lowest BCUT2D eigenvalue weighted by Crippen LogP contribution is -2.77. The van der Waals surface area contributed by atoms with Crippen LogP contribution >= 0.6 is 0 Å². The summed E-state index contributed by atoms with van der Waals surface area (Å²) in [4.78, 5) is 13.8. The molecule has 16 heteroatoms. The van der Waals surface area contributed by atoms with Gasteiger partial charge in [-0.1, -0.05) is 0 Å². The molecule has 0 radical (unpaired) electrons. The van der Waals surface area contributed by atoms with E-state index >= 15 is 0 Å². The predicted octanol–water partition coefficient (Wildman–Crippen LogP) is -2.30. The summed E-state index contributed by atoms with van der Waals surface area (Å²) in [5.74, 6) is -3.81. The number of fused-ring (bicyclic) bond motifs is 1. The number of phenols is 4. The molecule has 2 aromatic carbocycles. The molecule has 0 aliphatic carbocycles. The van der Waals surface area contributed by atoms with Crippen molar-refractivity contribution in [2.24, 2.45) is 0 Å². The molecular weight excluding hydrogens is 580 g/mol. The van der Waals surface area contributed by atoms with E-state index in [0.717, 1.165) is 24.3 Å². The standard InChI is InChI=1S/C27H30O16/c1-8-17(33)20(36)21(37)25(40-8)27(39)24(38)18(34)15(7-28)42-26(27)43-23-19(35)16-13(32)5-10(29)6-14(16)41-22(23)9-2-3-11(30)12(31)4-9/h2-6,8,15,17-18,20-21,24-26,28-34,36-39H,7H2,1H3/t8-,15-,17-,18-,20+,21+,24+,25-,26-,27+/m1/s1. The number of hydrogen-bond donors (Lipinski definition) is 11. The van der Waals surface area contributed by atoms with E-state index < -0.39 is 113 Å². The van der Waals surface area contributed by atoms with Crippen molar-refractivity contribution < 1.29 is 74.8 Å². The smallest absolute Gasteiger partial charge is 0.239 e. The number of ether oxygens (including phenoxy) is 3. The van der Waals surface area contributed by atoms with Crippen LogP contribution in [0.5, 0.6) is 28.7 Å². The first-order chi connectivity index (χ1) is 20.2. The Hall–Kier alpha value is -3.71. The molecule has 0 amide bonds. The van der Waals surface area contributed by atoms with E-state index in [9.17, 15) is 61.0 Å². The molecule has 43 heavy (non-hydrogen) atoms. The molecule has 3 aromatic rings. The highest BCUT2D eigenvalue weighted by Gasteiger charge is 2.65. The normalized spacial score (nSPS) is 34.7. The molecule has 0 spiro atoms. The zero-order chi connectivity index (χ0) is 31.5. The van der Waals surface area contributed by atoms with Crippen LogP contribution in [0.4, 0.5) is 0 Å². The Morgan fingerprint density at radius 2 is 1.56 bits per heavy atom. The summed E-state index contributed by atoms with van der Waals surface area (Å²) in [6, 6.07) is 5.00. The molecule has 10 atom stereocenters. The van der Waals surface area contributed by atoms with Crippen LogP contribution in [-0.4, -0.2) is 124 Å². The van der Waals surface area contributed by atoms with Gasteiger partial charge in [0, 0.05) is 17.7 Å². The van der Waals surface area contributed by atoms with Crippen molar-refractivity contribution in [2.45, 2.75) is 67.6 Å². The number of benzene rings is 2. The van der Waals surface area contributed by atoms with E-state index in [1.165, 1.54) is 13.0 Å². The lowest BCUT2D eigenvalue weighted by molar-refractivity contribution is -0.370. The second kappa shape index (κ2) is 11.1. The van der Waals surface area contributed by atoms with Crippen molar-refractivity contribution in [3.8, 4) is 40.1 Å². The van der Waals surface area contributed by atoms with E-state index in [-0.39, 0.29) is 11.1 Å². The van der Waals surface area contributed by atoms with E-state index in [1.54, 1.807) is 0 Å². The minimum atomic E-state index is -3.04. The summed E-state index contributed by atoms with van der Waals surface area (Å²) in [7, 11) is 0. The van der Waals surface area contributed by atoms with Gasteiger partial charge in [0.15, 0.2) is 22.9 Å². The maximum Gasteiger partial charge on any atom is 0.239 e. The fourth-order valence-corrected chi connectivity index (χ4v) is 5.31. The van der Waals surface area contributed by atoms with Gasteiger partial charge in [-0.25, -0.2) is 0 Å².